The van der Waals surface area contributed by atoms with Crippen molar-refractivity contribution in [3.63, 3.8) is 0 Å². The average Bonchev–Trinajstić information content (AvgIpc) is 2.38. The van der Waals surface area contributed by atoms with Crippen molar-refractivity contribution in [2.24, 2.45) is 0 Å². The molecule has 0 saturated carbocycles. The summed E-state index contributed by atoms with van der Waals surface area (Å²) in [6, 6.07) is 13.9. The van der Waals surface area contributed by atoms with Gasteiger partial charge in [0.05, 0.1) is 5.38 Å². The first-order chi connectivity index (χ1) is 7.86. The van der Waals surface area contributed by atoms with Crippen molar-refractivity contribution in [2.75, 3.05) is 11.9 Å². The smallest absolute Gasteiger partial charge is 0.0757 e. The molecule has 1 atom stereocenters. The fourth-order valence-corrected chi connectivity index (χ4v) is 1.68. The average molecular weight is 233 g/mol. The van der Waals surface area contributed by atoms with Crippen LogP contribution < -0.4 is 5.32 Å². The van der Waals surface area contributed by atoms with Crippen LogP contribution in [0, 0.1) is 0 Å². The molecular weight excluding hydrogens is 220 g/mol. The Hall–Kier alpha value is -1.54. The molecule has 2 rings (SSSR count). The third-order valence-corrected chi connectivity index (χ3v) is 2.73. The van der Waals surface area contributed by atoms with E-state index in [0.717, 1.165) is 11.3 Å². The van der Waals surface area contributed by atoms with Crippen LogP contribution in [-0.4, -0.2) is 11.5 Å². The fourth-order valence-electron chi connectivity index (χ4n) is 1.46. The molecule has 0 aliphatic carbocycles. The number of anilines is 1. The van der Waals surface area contributed by atoms with E-state index in [1.165, 1.54) is 0 Å². The predicted octanol–water partition coefficient (Wildman–Crippen LogP) is 3.47. The molecular formula is C13H13ClN2. The second-order valence-corrected chi connectivity index (χ2v) is 4.02. The maximum Gasteiger partial charge on any atom is 0.0757 e. The lowest BCUT2D eigenvalue weighted by Crippen LogP contribution is -2.07. The van der Waals surface area contributed by atoms with Crippen molar-refractivity contribution < 1.29 is 0 Å². The highest BCUT2D eigenvalue weighted by molar-refractivity contribution is 6.21. The molecule has 2 nitrogen and oxygen atoms in total. The van der Waals surface area contributed by atoms with Gasteiger partial charge in [-0.3, -0.25) is 4.98 Å². The van der Waals surface area contributed by atoms with Crippen molar-refractivity contribution in [1.29, 1.82) is 0 Å². The van der Waals surface area contributed by atoms with Gasteiger partial charge in [-0.15, -0.1) is 11.6 Å². The van der Waals surface area contributed by atoms with E-state index in [-0.39, 0.29) is 5.38 Å². The van der Waals surface area contributed by atoms with Gasteiger partial charge in [0.15, 0.2) is 0 Å². The normalized spacial score (nSPS) is 12.1. The number of pyridine rings is 1. The minimum absolute atomic E-state index is 0.0191. The minimum Gasteiger partial charge on any atom is -0.383 e. The van der Waals surface area contributed by atoms with Crippen molar-refractivity contribution in [3.8, 4) is 0 Å². The Morgan fingerprint density at radius 1 is 1.06 bits per heavy atom. The Kier molecular flexibility index (Phi) is 3.78. The highest BCUT2D eigenvalue weighted by Gasteiger charge is 2.06. The standard InChI is InChI=1S/C13H13ClN2/c14-13(11-4-2-1-3-5-11)10-16-12-6-8-15-9-7-12/h1-9,13H,10H2,(H,15,16). The molecule has 1 heterocycles. The van der Waals surface area contributed by atoms with Gasteiger partial charge in [-0.25, -0.2) is 0 Å². The number of halogens is 1. The molecule has 0 saturated heterocycles. The van der Waals surface area contributed by atoms with E-state index in [2.05, 4.69) is 10.3 Å². The monoisotopic (exact) mass is 232 g/mol. The van der Waals surface area contributed by atoms with Crippen LogP contribution in [0.4, 0.5) is 5.69 Å². The lowest BCUT2D eigenvalue weighted by Gasteiger charge is -2.11. The van der Waals surface area contributed by atoms with Gasteiger partial charge in [-0.05, 0) is 17.7 Å². The molecule has 82 valence electrons. The van der Waals surface area contributed by atoms with Crippen molar-refractivity contribution in [2.45, 2.75) is 5.38 Å². The van der Waals surface area contributed by atoms with Crippen LogP contribution in [0.5, 0.6) is 0 Å². The summed E-state index contributed by atoms with van der Waals surface area (Å²) in [6.45, 7) is 0.704. The summed E-state index contributed by atoms with van der Waals surface area (Å²) >= 11 is 6.28. The molecule has 1 unspecified atom stereocenters. The molecule has 0 aliphatic heterocycles. The largest absolute Gasteiger partial charge is 0.383 e. The summed E-state index contributed by atoms with van der Waals surface area (Å²) in [5, 5.41) is 3.25. The highest BCUT2D eigenvalue weighted by Crippen LogP contribution is 2.20. The number of rotatable bonds is 4. The molecule has 1 N–H and O–H groups in total. The fraction of sp³-hybridized carbons (Fsp3) is 0.154. The Balaban J connectivity index is 1.92. The molecule has 16 heavy (non-hydrogen) atoms. The minimum atomic E-state index is -0.0191. The highest BCUT2D eigenvalue weighted by atomic mass is 35.5. The first kappa shape index (κ1) is 11.0. The number of benzene rings is 1. The summed E-state index contributed by atoms with van der Waals surface area (Å²) < 4.78 is 0. The molecule has 0 radical (unpaired) electrons. The van der Waals surface area contributed by atoms with Crippen LogP contribution in [-0.2, 0) is 0 Å². The molecule has 1 aromatic heterocycles. The van der Waals surface area contributed by atoms with Gasteiger partial charge >= 0.3 is 0 Å². The van der Waals surface area contributed by atoms with Gasteiger partial charge < -0.3 is 5.32 Å². The molecule has 1 aromatic carbocycles. The van der Waals surface area contributed by atoms with Crippen LogP contribution in [0.25, 0.3) is 0 Å². The Morgan fingerprint density at radius 3 is 2.44 bits per heavy atom. The maximum absolute atomic E-state index is 6.28. The lowest BCUT2D eigenvalue weighted by atomic mass is 10.1. The maximum atomic E-state index is 6.28. The number of nitrogens with zero attached hydrogens (tertiary/aromatic N) is 1. The predicted molar refractivity (Wildman–Crippen MR) is 67.8 cm³/mol. The zero-order valence-corrected chi connectivity index (χ0v) is 9.56. The summed E-state index contributed by atoms with van der Waals surface area (Å²) in [5.41, 5.74) is 2.17. The molecule has 0 spiro atoms. The van der Waals surface area contributed by atoms with Gasteiger partial charge in [0.2, 0.25) is 0 Å². The number of aromatic nitrogens is 1. The van der Waals surface area contributed by atoms with Crippen molar-refractivity contribution >= 4 is 17.3 Å². The van der Waals surface area contributed by atoms with Crippen molar-refractivity contribution in [3.05, 3.63) is 60.4 Å². The number of hydrogen-bond acceptors (Lipinski definition) is 2. The molecule has 3 heteroatoms. The summed E-state index contributed by atoms with van der Waals surface area (Å²) in [5.74, 6) is 0. The first-order valence-corrected chi connectivity index (χ1v) is 5.63. The van der Waals surface area contributed by atoms with Gasteiger partial charge in [0, 0.05) is 24.6 Å². The van der Waals surface area contributed by atoms with Crippen molar-refractivity contribution in [1.82, 2.24) is 4.98 Å². The second kappa shape index (κ2) is 5.52. The lowest BCUT2D eigenvalue weighted by molar-refractivity contribution is 0.976. The molecule has 2 aromatic rings. The summed E-state index contributed by atoms with van der Waals surface area (Å²) in [6.07, 6.45) is 3.52. The van der Waals surface area contributed by atoms with E-state index >= 15 is 0 Å². The van der Waals surface area contributed by atoms with Gasteiger partial charge in [0.25, 0.3) is 0 Å². The SMILES string of the molecule is ClC(CNc1ccncc1)c1ccccc1. The zero-order valence-electron chi connectivity index (χ0n) is 8.81. The van der Waals surface area contributed by atoms with Gasteiger partial charge in [-0.2, -0.15) is 0 Å². The topological polar surface area (TPSA) is 24.9 Å². The number of hydrogen-bond donors (Lipinski definition) is 1. The summed E-state index contributed by atoms with van der Waals surface area (Å²) in [7, 11) is 0. The van der Waals surface area contributed by atoms with E-state index in [9.17, 15) is 0 Å². The Bertz CT molecular complexity index is 416. The van der Waals surface area contributed by atoms with Gasteiger partial charge in [0.1, 0.15) is 0 Å². The molecule has 0 aliphatic rings. The van der Waals surface area contributed by atoms with E-state index in [1.807, 2.05) is 42.5 Å². The van der Waals surface area contributed by atoms with Crippen LogP contribution in [0.1, 0.15) is 10.9 Å². The third kappa shape index (κ3) is 2.97. The number of alkyl halides is 1. The van der Waals surface area contributed by atoms with Crippen LogP contribution in [0.15, 0.2) is 54.9 Å². The molecule has 0 amide bonds. The van der Waals surface area contributed by atoms with Crippen LogP contribution in [0.3, 0.4) is 0 Å². The Labute approximate surface area is 100 Å². The summed E-state index contributed by atoms with van der Waals surface area (Å²) in [4.78, 5) is 3.96. The Morgan fingerprint density at radius 2 is 1.75 bits per heavy atom. The quantitative estimate of drug-likeness (QED) is 0.817. The van der Waals surface area contributed by atoms with Gasteiger partial charge in [-0.1, -0.05) is 30.3 Å². The van der Waals surface area contributed by atoms with E-state index in [0.29, 0.717) is 6.54 Å². The zero-order chi connectivity index (χ0) is 11.2. The second-order valence-electron chi connectivity index (χ2n) is 3.50. The third-order valence-electron chi connectivity index (χ3n) is 2.33. The van der Waals surface area contributed by atoms with Crippen LogP contribution >= 0.6 is 11.6 Å². The van der Waals surface area contributed by atoms with Crippen LogP contribution in [0.2, 0.25) is 0 Å². The van der Waals surface area contributed by atoms with E-state index in [4.69, 9.17) is 11.6 Å². The number of nitrogens with one attached hydrogen (secondary N) is 1. The van der Waals surface area contributed by atoms with E-state index in [1.54, 1.807) is 12.4 Å². The first-order valence-electron chi connectivity index (χ1n) is 5.19. The molecule has 0 bridgehead atoms. The molecule has 0 fully saturated rings. The van der Waals surface area contributed by atoms with E-state index < -0.39 is 0 Å².